The van der Waals surface area contributed by atoms with E-state index < -0.39 is 5.97 Å². The molecule has 0 unspecified atom stereocenters. The van der Waals surface area contributed by atoms with Crippen LogP contribution in [0.25, 0.3) is 0 Å². The van der Waals surface area contributed by atoms with Gasteiger partial charge in [-0.05, 0) is 0 Å². The van der Waals surface area contributed by atoms with Crippen LogP contribution < -0.4 is 5.32 Å². The van der Waals surface area contributed by atoms with Gasteiger partial charge in [0, 0.05) is 11.1 Å². The number of hydrogen-bond donors (Lipinski definition) is 1. The van der Waals surface area contributed by atoms with Gasteiger partial charge in [-0.25, -0.2) is 9.78 Å². The van der Waals surface area contributed by atoms with E-state index in [0.29, 0.717) is 12.4 Å². The first-order chi connectivity index (χ1) is 8.29. The minimum atomic E-state index is -0.501. The number of nitrogens with zero attached hydrogens (tertiary/aromatic N) is 3. The van der Waals surface area contributed by atoms with Crippen LogP contribution in [0.1, 0.15) is 15.4 Å². The zero-order valence-electron chi connectivity index (χ0n) is 9.08. The normalized spacial score (nSPS) is 9.94. The number of rotatable bonds is 4. The van der Waals surface area contributed by atoms with Crippen LogP contribution in [0.4, 0.5) is 5.82 Å². The number of methoxy groups -OCH3 is 1. The number of esters is 1. The lowest BCUT2D eigenvalue weighted by molar-refractivity contribution is 0.0593. The summed E-state index contributed by atoms with van der Waals surface area (Å²) in [6, 6.07) is 0. The summed E-state index contributed by atoms with van der Waals surface area (Å²) in [4.78, 5) is 24.3. The van der Waals surface area contributed by atoms with E-state index in [4.69, 9.17) is 0 Å². The molecule has 2 aromatic rings. The van der Waals surface area contributed by atoms with Gasteiger partial charge >= 0.3 is 5.97 Å². The first-order valence-corrected chi connectivity index (χ1v) is 5.69. The van der Waals surface area contributed by atoms with Gasteiger partial charge in [0.15, 0.2) is 5.69 Å². The second-order valence-electron chi connectivity index (χ2n) is 3.10. The number of carbonyl (C=O) groups is 1. The van der Waals surface area contributed by atoms with E-state index in [1.165, 1.54) is 13.3 Å². The quantitative estimate of drug-likeness (QED) is 0.825. The number of nitrogens with one attached hydrogen (secondary N) is 1. The van der Waals surface area contributed by atoms with E-state index in [1.54, 1.807) is 29.2 Å². The minimum absolute atomic E-state index is 0.182. The minimum Gasteiger partial charge on any atom is -0.464 e. The van der Waals surface area contributed by atoms with E-state index in [9.17, 15) is 4.79 Å². The molecule has 1 N–H and O–H groups in total. The molecule has 2 heterocycles. The Hall–Kier alpha value is -2.02. The molecule has 0 fully saturated rings. The number of ether oxygens (including phenoxy) is 1. The van der Waals surface area contributed by atoms with Crippen molar-refractivity contribution < 1.29 is 9.53 Å². The third kappa shape index (κ3) is 2.97. The highest BCUT2D eigenvalue weighted by molar-refractivity contribution is 7.09. The first kappa shape index (κ1) is 11.5. The molecule has 0 aliphatic heterocycles. The molecule has 0 aliphatic carbocycles. The molecular formula is C10H10N4O2S. The molecule has 7 heteroatoms. The van der Waals surface area contributed by atoms with Crippen LogP contribution in [-0.4, -0.2) is 28.0 Å². The summed E-state index contributed by atoms with van der Waals surface area (Å²) < 4.78 is 4.56. The monoisotopic (exact) mass is 250 g/mol. The summed E-state index contributed by atoms with van der Waals surface area (Å²) in [6.07, 6.45) is 4.69. The summed E-state index contributed by atoms with van der Waals surface area (Å²) in [6.45, 7) is 0.601. The lowest BCUT2D eigenvalue weighted by atomic mass is 10.4. The zero-order chi connectivity index (χ0) is 12.1. The zero-order valence-corrected chi connectivity index (χ0v) is 9.90. The van der Waals surface area contributed by atoms with Crippen molar-refractivity contribution in [3.8, 4) is 0 Å². The van der Waals surface area contributed by atoms with Gasteiger partial charge in [0.2, 0.25) is 0 Å². The van der Waals surface area contributed by atoms with Crippen molar-refractivity contribution in [2.24, 2.45) is 0 Å². The molecule has 0 saturated carbocycles. The maximum atomic E-state index is 11.2. The molecule has 17 heavy (non-hydrogen) atoms. The second-order valence-corrected chi connectivity index (χ2v) is 4.07. The van der Waals surface area contributed by atoms with Crippen LogP contribution in [0.2, 0.25) is 0 Å². The SMILES string of the molecule is COC(=O)c1cncc(NCc2cncs2)n1. The van der Waals surface area contributed by atoms with Crippen molar-refractivity contribution in [1.29, 1.82) is 0 Å². The third-order valence-corrected chi connectivity index (χ3v) is 2.74. The van der Waals surface area contributed by atoms with Crippen molar-refractivity contribution in [2.75, 3.05) is 12.4 Å². The summed E-state index contributed by atoms with van der Waals surface area (Å²) in [5, 5.41) is 3.06. The van der Waals surface area contributed by atoms with E-state index in [2.05, 4.69) is 25.0 Å². The number of hydrogen-bond acceptors (Lipinski definition) is 7. The Labute approximate surface area is 102 Å². The Morgan fingerprint density at radius 1 is 1.41 bits per heavy atom. The summed E-state index contributed by atoms with van der Waals surface area (Å²) in [7, 11) is 1.31. The Morgan fingerprint density at radius 3 is 3.00 bits per heavy atom. The lowest BCUT2D eigenvalue weighted by Crippen LogP contribution is -2.08. The van der Waals surface area contributed by atoms with Crippen LogP contribution in [0.15, 0.2) is 24.1 Å². The van der Waals surface area contributed by atoms with Gasteiger partial charge in [0.1, 0.15) is 5.82 Å². The molecule has 0 saturated heterocycles. The molecule has 2 rings (SSSR count). The number of carbonyl (C=O) groups excluding carboxylic acids is 1. The Morgan fingerprint density at radius 2 is 2.29 bits per heavy atom. The largest absolute Gasteiger partial charge is 0.464 e. The molecule has 0 aromatic carbocycles. The molecule has 0 aliphatic rings. The Bertz CT molecular complexity index is 501. The highest BCUT2D eigenvalue weighted by atomic mass is 32.1. The molecule has 0 atom stereocenters. The summed E-state index contributed by atoms with van der Waals surface area (Å²) in [5.41, 5.74) is 1.94. The van der Waals surface area contributed by atoms with Gasteiger partial charge in [0.05, 0.1) is 31.6 Å². The topological polar surface area (TPSA) is 77.0 Å². The Balaban J connectivity index is 2.03. The highest BCUT2D eigenvalue weighted by Gasteiger charge is 2.08. The maximum absolute atomic E-state index is 11.2. The standard InChI is InChI=1S/C10H10N4O2S/c1-16-10(15)8-4-11-5-9(14-8)13-3-7-2-12-6-17-7/h2,4-6H,3H2,1H3,(H,13,14). The van der Waals surface area contributed by atoms with Crippen LogP contribution in [0.5, 0.6) is 0 Å². The molecule has 6 nitrogen and oxygen atoms in total. The van der Waals surface area contributed by atoms with Crippen molar-refractivity contribution in [3.63, 3.8) is 0 Å². The number of thiazole rings is 1. The number of aromatic nitrogens is 3. The Kier molecular flexibility index (Phi) is 3.61. The van der Waals surface area contributed by atoms with Crippen molar-refractivity contribution in [3.05, 3.63) is 34.7 Å². The second kappa shape index (κ2) is 5.35. The van der Waals surface area contributed by atoms with Crippen LogP contribution in [0, 0.1) is 0 Å². The van der Waals surface area contributed by atoms with Crippen LogP contribution in [-0.2, 0) is 11.3 Å². The van der Waals surface area contributed by atoms with Crippen LogP contribution >= 0.6 is 11.3 Å². The van der Waals surface area contributed by atoms with Gasteiger partial charge in [0.25, 0.3) is 0 Å². The molecule has 0 radical (unpaired) electrons. The fourth-order valence-electron chi connectivity index (χ4n) is 1.16. The van der Waals surface area contributed by atoms with E-state index in [-0.39, 0.29) is 5.69 Å². The van der Waals surface area contributed by atoms with Gasteiger partial charge in [-0.2, -0.15) is 0 Å². The predicted molar refractivity (Wildman–Crippen MR) is 62.8 cm³/mol. The van der Waals surface area contributed by atoms with E-state index in [1.807, 2.05) is 0 Å². The van der Waals surface area contributed by atoms with Gasteiger partial charge < -0.3 is 10.1 Å². The van der Waals surface area contributed by atoms with Crippen molar-refractivity contribution in [1.82, 2.24) is 15.0 Å². The number of anilines is 1. The average Bonchev–Trinajstić information content (AvgIpc) is 2.89. The highest BCUT2D eigenvalue weighted by Crippen LogP contribution is 2.09. The molecule has 0 spiro atoms. The van der Waals surface area contributed by atoms with E-state index >= 15 is 0 Å². The van der Waals surface area contributed by atoms with Crippen molar-refractivity contribution >= 4 is 23.1 Å². The summed E-state index contributed by atoms with van der Waals surface area (Å²) >= 11 is 1.54. The van der Waals surface area contributed by atoms with Crippen LogP contribution in [0.3, 0.4) is 0 Å². The summed E-state index contributed by atoms with van der Waals surface area (Å²) in [5.74, 6) is 0.0280. The van der Waals surface area contributed by atoms with E-state index in [0.717, 1.165) is 4.88 Å². The molecule has 88 valence electrons. The van der Waals surface area contributed by atoms with Gasteiger partial charge in [-0.1, -0.05) is 0 Å². The fraction of sp³-hybridized carbons (Fsp3) is 0.200. The van der Waals surface area contributed by atoms with Crippen molar-refractivity contribution in [2.45, 2.75) is 6.54 Å². The molecule has 2 aromatic heterocycles. The lowest BCUT2D eigenvalue weighted by Gasteiger charge is -2.04. The molecule has 0 amide bonds. The van der Waals surface area contributed by atoms with Gasteiger partial charge in [-0.3, -0.25) is 9.97 Å². The smallest absolute Gasteiger partial charge is 0.358 e. The first-order valence-electron chi connectivity index (χ1n) is 4.81. The molecule has 0 bridgehead atoms. The third-order valence-electron chi connectivity index (χ3n) is 1.96. The molecular weight excluding hydrogens is 240 g/mol. The predicted octanol–water partition coefficient (Wildman–Crippen LogP) is 1.33. The fourth-order valence-corrected chi connectivity index (χ4v) is 1.70. The average molecular weight is 250 g/mol. The van der Waals surface area contributed by atoms with Gasteiger partial charge in [-0.15, -0.1) is 11.3 Å². The maximum Gasteiger partial charge on any atom is 0.358 e.